The van der Waals surface area contributed by atoms with Crippen molar-refractivity contribution in [3.63, 3.8) is 0 Å². The Bertz CT molecular complexity index is 996. The molecule has 0 radical (unpaired) electrons. The van der Waals surface area contributed by atoms with Gasteiger partial charge < -0.3 is 20.3 Å². The highest BCUT2D eigenvalue weighted by molar-refractivity contribution is 5.92. The number of fused-ring (bicyclic) bond motifs is 1. The first-order valence-corrected chi connectivity index (χ1v) is 9.46. The molecule has 0 unspecified atom stereocenters. The molecule has 10 heteroatoms. The first kappa shape index (κ1) is 21.4. The fraction of sp³-hybridized carbons (Fsp3) is 0.526. The van der Waals surface area contributed by atoms with Crippen molar-refractivity contribution < 1.29 is 18.7 Å². The van der Waals surface area contributed by atoms with Gasteiger partial charge in [-0.25, -0.2) is 14.2 Å². The average molecular weight is 429 g/mol. The molecule has 4 rings (SSSR count). The van der Waals surface area contributed by atoms with Gasteiger partial charge in [-0.1, -0.05) is 0 Å². The maximum Gasteiger partial charge on any atom is 0.341 e. The summed E-state index contributed by atoms with van der Waals surface area (Å²) in [7, 11) is 0. The van der Waals surface area contributed by atoms with E-state index in [2.05, 4.69) is 4.98 Å². The van der Waals surface area contributed by atoms with Crippen LogP contribution in [0.2, 0.25) is 0 Å². The fourth-order valence-electron chi connectivity index (χ4n) is 3.96. The summed E-state index contributed by atoms with van der Waals surface area (Å²) in [6.45, 7) is 0.413. The number of aromatic nitrogens is 2. The number of rotatable bonds is 5. The third-order valence-electron chi connectivity index (χ3n) is 5.70. The molecule has 1 aliphatic carbocycles. The van der Waals surface area contributed by atoms with E-state index in [1.807, 2.05) is 0 Å². The second-order valence-electron chi connectivity index (χ2n) is 7.62. The molecule has 2 aromatic rings. The van der Waals surface area contributed by atoms with Gasteiger partial charge in [-0.05, 0) is 37.7 Å². The van der Waals surface area contributed by atoms with Gasteiger partial charge in [-0.15, -0.1) is 12.4 Å². The molecule has 0 aromatic carbocycles. The largest absolute Gasteiger partial charge is 0.477 e. The first-order valence-electron chi connectivity index (χ1n) is 9.46. The molecule has 0 amide bonds. The average Bonchev–Trinajstić information content (AvgIpc) is 3.49. The maximum absolute atomic E-state index is 14.8. The normalized spacial score (nSPS) is 21.8. The van der Waals surface area contributed by atoms with Crippen molar-refractivity contribution in [2.24, 2.45) is 11.7 Å². The second-order valence-corrected chi connectivity index (χ2v) is 7.62. The fourth-order valence-corrected chi connectivity index (χ4v) is 3.96. The molecule has 2 aromatic heterocycles. The first-order chi connectivity index (χ1) is 13.4. The van der Waals surface area contributed by atoms with Gasteiger partial charge in [0.1, 0.15) is 11.2 Å². The minimum atomic E-state index is -1.34. The maximum atomic E-state index is 14.8. The van der Waals surface area contributed by atoms with E-state index >= 15 is 0 Å². The van der Waals surface area contributed by atoms with E-state index in [1.54, 1.807) is 9.47 Å². The number of pyridine rings is 2. The predicted molar refractivity (Wildman–Crippen MR) is 107 cm³/mol. The Hall–Kier alpha value is -2.26. The lowest BCUT2D eigenvalue weighted by Gasteiger charge is -2.37. The Kier molecular flexibility index (Phi) is 6.09. The van der Waals surface area contributed by atoms with Gasteiger partial charge in [0.15, 0.2) is 11.6 Å². The van der Waals surface area contributed by atoms with E-state index in [1.165, 1.54) is 6.20 Å². The molecule has 3 N–H and O–H groups in total. The molecule has 158 valence electrons. The van der Waals surface area contributed by atoms with E-state index in [-0.39, 0.29) is 52.8 Å². The van der Waals surface area contributed by atoms with Crippen molar-refractivity contribution in [3.8, 4) is 0 Å². The zero-order chi connectivity index (χ0) is 20.0. The lowest BCUT2D eigenvalue weighted by Crippen LogP contribution is -2.49. The summed E-state index contributed by atoms with van der Waals surface area (Å²) in [5.41, 5.74) is 5.30. The van der Waals surface area contributed by atoms with Gasteiger partial charge in [0.05, 0.1) is 12.1 Å². The Labute approximate surface area is 171 Å². The number of aromatic carboxylic acids is 1. The third kappa shape index (κ3) is 3.93. The molecule has 1 saturated heterocycles. The Morgan fingerprint density at radius 2 is 2.07 bits per heavy atom. The SMILES string of the molecule is Cl.N[C@H]1CN(c2nc3c(cc2F)c(=O)c(C(=O)O)cn3C2CC2)CC[C@@H]1CCF. The summed E-state index contributed by atoms with van der Waals surface area (Å²) < 4.78 is 29.1. The molecule has 29 heavy (non-hydrogen) atoms. The van der Waals surface area contributed by atoms with E-state index in [0.717, 1.165) is 18.9 Å². The molecular weight excluding hydrogens is 406 g/mol. The summed E-state index contributed by atoms with van der Waals surface area (Å²) in [4.78, 5) is 30.0. The van der Waals surface area contributed by atoms with E-state index in [0.29, 0.717) is 25.9 Å². The minimum Gasteiger partial charge on any atom is -0.477 e. The number of halogens is 3. The standard InChI is InChI=1S/C19H22F2N4O3.ClH/c20-5-3-10-4-6-24(9-15(10)22)18-14(21)7-12-16(26)13(19(27)28)8-25(11-1-2-11)17(12)23-18;/h7-8,10-11,15H,1-6,9,22H2,(H,27,28);1H/t10-,15-;/m0./s1. The number of nitrogens with two attached hydrogens (primary N) is 1. The predicted octanol–water partition coefficient (Wildman–Crippen LogP) is 2.50. The van der Waals surface area contributed by atoms with E-state index in [9.17, 15) is 23.5 Å². The molecule has 2 aliphatic rings. The highest BCUT2D eigenvalue weighted by atomic mass is 35.5. The van der Waals surface area contributed by atoms with Crippen molar-refractivity contribution in [3.05, 3.63) is 33.9 Å². The van der Waals surface area contributed by atoms with Crippen LogP contribution < -0.4 is 16.1 Å². The summed E-state index contributed by atoms with van der Waals surface area (Å²) >= 11 is 0. The monoisotopic (exact) mass is 428 g/mol. The summed E-state index contributed by atoms with van der Waals surface area (Å²) in [6, 6.07) is 0.843. The number of hydrogen-bond acceptors (Lipinski definition) is 5. The summed E-state index contributed by atoms with van der Waals surface area (Å²) in [5, 5.41) is 9.26. The van der Waals surface area contributed by atoms with Gasteiger partial charge in [0.2, 0.25) is 5.43 Å². The Morgan fingerprint density at radius 1 is 1.34 bits per heavy atom. The van der Waals surface area contributed by atoms with Crippen LogP contribution in [0.25, 0.3) is 11.0 Å². The van der Waals surface area contributed by atoms with Gasteiger partial charge in [-0.3, -0.25) is 9.18 Å². The highest BCUT2D eigenvalue weighted by Crippen LogP contribution is 2.37. The van der Waals surface area contributed by atoms with Gasteiger partial charge in [0, 0.05) is 31.4 Å². The van der Waals surface area contributed by atoms with Crippen LogP contribution >= 0.6 is 12.4 Å². The quantitative estimate of drug-likeness (QED) is 0.758. The van der Waals surface area contributed by atoms with Crippen molar-refractivity contribution in [2.75, 3.05) is 24.7 Å². The molecule has 0 spiro atoms. The lowest BCUT2D eigenvalue weighted by molar-refractivity contribution is 0.0695. The minimum absolute atomic E-state index is 0. The van der Waals surface area contributed by atoms with Gasteiger partial charge in [0.25, 0.3) is 0 Å². The number of carboxylic acids is 1. The van der Waals surface area contributed by atoms with Crippen molar-refractivity contribution in [1.29, 1.82) is 0 Å². The zero-order valence-corrected chi connectivity index (χ0v) is 16.5. The summed E-state index contributed by atoms with van der Waals surface area (Å²) in [5.74, 6) is -1.89. The molecule has 0 bridgehead atoms. The molecule has 7 nitrogen and oxygen atoms in total. The smallest absolute Gasteiger partial charge is 0.341 e. The second kappa shape index (κ2) is 8.23. The van der Waals surface area contributed by atoms with Gasteiger partial charge in [-0.2, -0.15) is 0 Å². The van der Waals surface area contributed by atoms with Crippen LogP contribution in [0.5, 0.6) is 0 Å². The highest BCUT2D eigenvalue weighted by Gasteiger charge is 2.31. The number of anilines is 1. The Balaban J connectivity index is 0.00000240. The topological polar surface area (TPSA) is 101 Å². The van der Waals surface area contributed by atoms with Crippen molar-refractivity contribution >= 4 is 35.2 Å². The van der Waals surface area contributed by atoms with E-state index < -0.39 is 23.9 Å². The van der Waals surface area contributed by atoms with Crippen LogP contribution in [0.3, 0.4) is 0 Å². The third-order valence-corrected chi connectivity index (χ3v) is 5.70. The van der Waals surface area contributed by atoms with Crippen LogP contribution in [0.1, 0.15) is 42.1 Å². The Morgan fingerprint density at radius 3 is 2.66 bits per heavy atom. The molecule has 2 atom stereocenters. The van der Waals surface area contributed by atoms with Crippen LogP contribution in [-0.4, -0.2) is 46.4 Å². The van der Waals surface area contributed by atoms with Crippen LogP contribution in [0.4, 0.5) is 14.6 Å². The van der Waals surface area contributed by atoms with E-state index in [4.69, 9.17) is 5.73 Å². The molecule has 3 heterocycles. The number of carbonyl (C=O) groups is 1. The number of hydrogen-bond donors (Lipinski definition) is 2. The van der Waals surface area contributed by atoms with Gasteiger partial charge >= 0.3 is 5.97 Å². The number of alkyl halides is 1. The van der Waals surface area contributed by atoms with Crippen LogP contribution in [-0.2, 0) is 0 Å². The molecular formula is C19H23ClF2N4O3. The summed E-state index contributed by atoms with van der Waals surface area (Å²) in [6.07, 6.45) is 4.04. The molecule has 1 aliphatic heterocycles. The molecule has 2 fully saturated rings. The number of piperidine rings is 1. The lowest BCUT2D eigenvalue weighted by atomic mass is 9.90. The zero-order valence-electron chi connectivity index (χ0n) is 15.7. The number of nitrogens with zero attached hydrogens (tertiary/aromatic N) is 3. The van der Waals surface area contributed by atoms with Crippen LogP contribution in [0.15, 0.2) is 17.1 Å². The van der Waals surface area contributed by atoms with Crippen molar-refractivity contribution in [2.45, 2.75) is 37.8 Å². The number of carboxylic acid groups (broad SMARTS) is 1. The van der Waals surface area contributed by atoms with Crippen LogP contribution in [0, 0.1) is 11.7 Å². The molecule has 1 saturated carbocycles. The van der Waals surface area contributed by atoms with Crippen molar-refractivity contribution in [1.82, 2.24) is 9.55 Å².